The predicted octanol–water partition coefficient (Wildman–Crippen LogP) is 3.03. The summed E-state index contributed by atoms with van der Waals surface area (Å²) in [4.78, 5) is 4.39. The van der Waals surface area contributed by atoms with E-state index < -0.39 is 0 Å². The van der Waals surface area contributed by atoms with E-state index in [0.29, 0.717) is 6.61 Å². The van der Waals surface area contributed by atoms with Gasteiger partial charge in [-0.05, 0) is 26.0 Å². The summed E-state index contributed by atoms with van der Waals surface area (Å²) in [6, 6.07) is 6.02. The lowest BCUT2D eigenvalue weighted by Gasteiger charge is -2.01. The minimum Gasteiger partial charge on any atom is -0.473 e. The van der Waals surface area contributed by atoms with Gasteiger partial charge < -0.3 is 4.74 Å². The molecule has 0 atom stereocenters. The number of halogens is 1. The highest BCUT2D eigenvalue weighted by Gasteiger charge is 2.19. The van der Waals surface area contributed by atoms with E-state index in [0.717, 1.165) is 22.0 Å². The van der Waals surface area contributed by atoms with E-state index in [9.17, 15) is 0 Å². The molecule has 0 N–H and O–H groups in total. The number of hydrogen-bond donors (Lipinski definition) is 0. The lowest BCUT2D eigenvalue weighted by atomic mass is 10.1. The maximum Gasteiger partial charge on any atom is 0.217 e. The second kappa shape index (κ2) is 3.62. The molecule has 0 bridgehead atoms. The van der Waals surface area contributed by atoms with Crippen LogP contribution in [0.1, 0.15) is 25.0 Å². The van der Waals surface area contributed by atoms with Gasteiger partial charge in [-0.15, -0.1) is 0 Å². The van der Waals surface area contributed by atoms with Gasteiger partial charge in [0.15, 0.2) is 0 Å². The molecule has 1 aliphatic rings. The van der Waals surface area contributed by atoms with Crippen LogP contribution in [0.2, 0.25) is 5.02 Å². The van der Waals surface area contributed by atoms with E-state index in [1.807, 2.05) is 32.0 Å². The smallest absolute Gasteiger partial charge is 0.217 e. The van der Waals surface area contributed by atoms with Crippen LogP contribution in [0, 0.1) is 0 Å². The average molecular weight is 210 g/mol. The van der Waals surface area contributed by atoms with Crippen molar-refractivity contribution in [2.75, 3.05) is 0 Å². The van der Waals surface area contributed by atoms with Crippen LogP contribution in [-0.4, -0.2) is 11.9 Å². The number of fused-ring (bicyclic) bond motifs is 1. The van der Waals surface area contributed by atoms with Gasteiger partial charge in [0, 0.05) is 22.2 Å². The minimum atomic E-state index is 0.245. The third kappa shape index (κ3) is 1.75. The second-order valence-corrected chi connectivity index (χ2v) is 4.05. The van der Waals surface area contributed by atoms with Gasteiger partial charge in [-0.2, -0.15) is 0 Å². The van der Waals surface area contributed by atoms with Crippen molar-refractivity contribution in [2.24, 2.45) is 4.99 Å². The topological polar surface area (TPSA) is 21.6 Å². The van der Waals surface area contributed by atoms with Crippen LogP contribution in [0.4, 0.5) is 0 Å². The summed E-state index contributed by atoms with van der Waals surface area (Å²) in [5, 5.41) is 0.728. The Morgan fingerprint density at radius 2 is 2.21 bits per heavy atom. The maximum atomic E-state index is 5.91. The van der Waals surface area contributed by atoms with E-state index in [1.165, 1.54) is 0 Å². The van der Waals surface area contributed by atoms with Gasteiger partial charge in [0.25, 0.3) is 0 Å². The standard InChI is InChI=1S/C11H12ClNO/c1-7(2)13-11-10-5-9(12)4-3-8(10)6-14-11/h3-5,7H,6H2,1-2H3. The van der Waals surface area contributed by atoms with E-state index >= 15 is 0 Å². The number of rotatable bonds is 1. The van der Waals surface area contributed by atoms with Crippen molar-refractivity contribution >= 4 is 17.5 Å². The molecule has 14 heavy (non-hydrogen) atoms. The molecule has 0 radical (unpaired) electrons. The molecule has 0 aromatic heterocycles. The molecule has 2 rings (SSSR count). The summed E-state index contributed by atoms with van der Waals surface area (Å²) >= 11 is 5.91. The van der Waals surface area contributed by atoms with Gasteiger partial charge in [-0.3, -0.25) is 0 Å². The average Bonchev–Trinajstić information content (AvgIpc) is 2.47. The maximum absolute atomic E-state index is 5.91. The zero-order chi connectivity index (χ0) is 10.1. The third-order valence-corrected chi connectivity index (χ3v) is 2.28. The van der Waals surface area contributed by atoms with Crippen molar-refractivity contribution in [3.8, 4) is 0 Å². The van der Waals surface area contributed by atoms with Crippen LogP contribution in [0.15, 0.2) is 23.2 Å². The molecule has 74 valence electrons. The molecule has 0 fully saturated rings. The fourth-order valence-electron chi connectivity index (χ4n) is 1.44. The Morgan fingerprint density at radius 3 is 2.93 bits per heavy atom. The molecule has 0 spiro atoms. The zero-order valence-electron chi connectivity index (χ0n) is 8.25. The van der Waals surface area contributed by atoms with Gasteiger partial charge in [0.1, 0.15) is 6.61 Å². The van der Waals surface area contributed by atoms with Crippen LogP contribution >= 0.6 is 11.6 Å². The second-order valence-electron chi connectivity index (χ2n) is 3.62. The van der Waals surface area contributed by atoms with Crippen LogP contribution in [-0.2, 0) is 11.3 Å². The molecule has 0 aliphatic carbocycles. The van der Waals surface area contributed by atoms with Crippen molar-refractivity contribution in [3.63, 3.8) is 0 Å². The highest BCUT2D eigenvalue weighted by molar-refractivity contribution is 6.31. The Morgan fingerprint density at radius 1 is 1.43 bits per heavy atom. The van der Waals surface area contributed by atoms with Gasteiger partial charge >= 0.3 is 0 Å². The summed E-state index contributed by atoms with van der Waals surface area (Å²) in [5.74, 6) is 0.720. The van der Waals surface area contributed by atoms with E-state index in [4.69, 9.17) is 16.3 Å². The molecule has 0 saturated carbocycles. The number of benzene rings is 1. The lowest BCUT2D eigenvalue weighted by molar-refractivity contribution is 0.310. The Balaban J connectivity index is 2.43. The molecule has 1 aliphatic heterocycles. The molecular weight excluding hydrogens is 198 g/mol. The summed E-state index contributed by atoms with van der Waals surface area (Å²) < 4.78 is 5.48. The van der Waals surface area contributed by atoms with Crippen LogP contribution in [0.25, 0.3) is 0 Å². The summed E-state index contributed by atoms with van der Waals surface area (Å²) in [6.45, 7) is 4.66. The molecule has 1 heterocycles. The lowest BCUT2D eigenvalue weighted by Crippen LogP contribution is -2.02. The summed E-state index contributed by atoms with van der Waals surface area (Å²) in [7, 11) is 0. The number of nitrogens with zero attached hydrogens (tertiary/aromatic N) is 1. The minimum absolute atomic E-state index is 0.245. The highest BCUT2D eigenvalue weighted by Crippen LogP contribution is 2.24. The van der Waals surface area contributed by atoms with Crippen molar-refractivity contribution in [2.45, 2.75) is 26.5 Å². The van der Waals surface area contributed by atoms with Crippen LogP contribution in [0.5, 0.6) is 0 Å². The van der Waals surface area contributed by atoms with Gasteiger partial charge in [0.05, 0.1) is 0 Å². The molecule has 1 aromatic carbocycles. The molecule has 0 amide bonds. The summed E-state index contributed by atoms with van der Waals surface area (Å²) in [5.41, 5.74) is 2.19. The Hall–Kier alpha value is -1.02. The first kappa shape index (κ1) is 9.53. The number of aliphatic imine (C=N–C) groups is 1. The van der Waals surface area contributed by atoms with E-state index in [-0.39, 0.29) is 6.04 Å². The monoisotopic (exact) mass is 209 g/mol. The van der Waals surface area contributed by atoms with Gasteiger partial charge in [-0.1, -0.05) is 17.7 Å². The first-order valence-electron chi connectivity index (χ1n) is 4.66. The van der Waals surface area contributed by atoms with Gasteiger partial charge in [-0.25, -0.2) is 4.99 Å². The molecule has 0 saturated heterocycles. The SMILES string of the molecule is CC(C)N=C1OCc2ccc(Cl)cc21. The van der Waals surface area contributed by atoms with Crippen molar-refractivity contribution in [1.29, 1.82) is 0 Å². The molecule has 2 nitrogen and oxygen atoms in total. The van der Waals surface area contributed by atoms with Gasteiger partial charge in [0.2, 0.25) is 5.90 Å². The normalized spacial score (nSPS) is 17.3. The number of hydrogen-bond acceptors (Lipinski definition) is 2. The number of ether oxygens (including phenoxy) is 1. The first-order chi connectivity index (χ1) is 6.66. The Kier molecular flexibility index (Phi) is 2.46. The van der Waals surface area contributed by atoms with E-state index in [1.54, 1.807) is 0 Å². The third-order valence-electron chi connectivity index (χ3n) is 2.04. The van der Waals surface area contributed by atoms with E-state index in [2.05, 4.69) is 4.99 Å². The Labute approximate surface area is 88.6 Å². The molecule has 3 heteroatoms. The highest BCUT2D eigenvalue weighted by atomic mass is 35.5. The van der Waals surface area contributed by atoms with Crippen LogP contribution < -0.4 is 0 Å². The molecule has 1 aromatic rings. The summed E-state index contributed by atoms with van der Waals surface area (Å²) in [6.07, 6.45) is 0. The van der Waals surface area contributed by atoms with Crippen molar-refractivity contribution in [3.05, 3.63) is 34.3 Å². The fourth-order valence-corrected chi connectivity index (χ4v) is 1.61. The quantitative estimate of drug-likeness (QED) is 0.697. The molecule has 0 unspecified atom stereocenters. The zero-order valence-corrected chi connectivity index (χ0v) is 9.01. The van der Waals surface area contributed by atoms with Crippen LogP contribution in [0.3, 0.4) is 0 Å². The fraction of sp³-hybridized carbons (Fsp3) is 0.364. The Bertz CT molecular complexity index is 385. The van der Waals surface area contributed by atoms with Crippen molar-refractivity contribution in [1.82, 2.24) is 0 Å². The molecular formula is C11H12ClNO. The largest absolute Gasteiger partial charge is 0.473 e. The van der Waals surface area contributed by atoms with Crippen molar-refractivity contribution < 1.29 is 4.74 Å². The predicted molar refractivity (Wildman–Crippen MR) is 57.9 cm³/mol. The first-order valence-corrected chi connectivity index (χ1v) is 5.04.